The van der Waals surface area contributed by atoms with E-state index in [-0.39, 0.29) is 35.0 Å². The first-order chi connectivity index (χ1) is 18.1. The van der Waals surface area contributed by atoms with Crippen LogP contribution in [-0.2, 0) is 11.2 Å². The molecule has 4 heterocycles. The fourth-order valence-electron chi connectivity index (χ4n) is 4.73. The zero-order chi connectivity index (χ0) is 27.6. The molecule has 1 aliphatic rings. The molecular weight excluding hydrogens is 499 g/mol. The molecule has 0 unspecified atom stereocenters. The second-order valence-corrected chi connectivity index (χ2v) is 9.47. The van der Waals surface area contributed by atoms with Crippen LogP contribution in [0.3, 0.4) is 0 Å². The number of nitrogens with one attached hydrogen (secondary N) is 1. The number of carbonyl (C=O) groups is 1. The van der Waals surface area contributed by atoms with Gasteiger partial charge in [0.1, 0.15) is 17.5 Å². The number of aryl methyl sites for hydroxylation is 3. The van der Waals surface area contributed by atoms with Crippen molar-refractivity contribution in [2.24, 2.45) is 0 Å². The second-order valence-electron chi connectivity index (χ2n) is 9.47. The Labute approximate surface area is 219 Å². The number of alkyl halides is 2. The van der Waals surface area contributed by atoms with E-state index >= 15 is 0 Å². The molecule has 0 saturated carbocycles. The summed E-state index contributed by atoms with van der Waals surface area (Å²) in [6.07, 6.45) is 3.23. The van der Waals surface area contributed by atoms with Gasteiger partial charge in [-0.15, -0.1) is 5.10 Å². The fraction of sp³-hybridized carbons (Fsp3) is 0.500. The monoisotopic (exact) mass is 531 g/mol. The van der Waals surface area contributed by atoms with Crippen LogP contribution in [-0.4, -0.2) is 61.8 Å². The van der Waals surface area contributed by atoms with E-state index in [2.05, 4.69) is 25.4 Å². The van der Waals surface area contributed by atoms with Crippen molar-refractivity contribution in [3.8, 4) is 17.3 Å². The van der Waals surface area contributed by atoms with Crippen molar-refractivity contribution in [3.63, 3.8) is 0 Å². The number of methoxy groups -OCH3 is 1. The standard InChI is InChI=1S/C26H32F3N7O2/c1-6-9-35(25(37)14(2)19-11-22(38-5)30-12-21(19)27)13-18-8-7-17-10-20(15(3)31-23(17)33-18)24-32-16(4)36(34-24)26(28)29/h10-12,14,18,26H,6-9,13H2,1-5H3,(H,31,33)/t14-,18-/m1/s1. The molecule has 3 aromatic heterocycles. The van der Waals surface area contributed by atoms with Crippen molar-refractivity contribution >= 4 is 11.7 Å². The molecule has 38 heavy (non-hydrogen) atoms. The molecule has 0 fully saturated rings. The average Bonchev–Trinajstić information content (AvgIpc) is 3.29. The summed E-state index contributed by atoms with van der Waals surface area (Å²) in [6, 6.07) is 3.29. The van der Waals surface area contributed by atoms with Crippen LogP contribution in [0.15, 0.2) is 18.3 Å². The van der Waals surface area contributed by atoms with E-state index in [0.717, 1.165) is 24.6 Å². The molecule has 1 amide bonds. The number of fused-ring (bicyclic) bond motifs is 1. The van der Waals surface area contributed by atoms with Gasteiger partial charge in [0, 0.05) is 36.3 Å². The molecule has 2 atom stereocenters. The number of halogens is 3. The normalized spacial score (nSPS) is 15.7. The molecule has 1 aliphatic heterocycles. The van der Waals surface area contributed by atoms with Gasteiger partial charge in [-0.25, -0.2) is 19.3 Å². The minimum absolute atomic E-state index is 0.0572. The highest BCUT2D eigenvalue weighted by Crippen LogP contribution is 2.31. The van der Waals surface area contributed by atoms with E-state index in [0.29, 0.717) is 41.3 Å². The summed E-state index contributed by atoms with van der Waals surface area (Å²) in [4.78, 5) is 27.9. The molecule has 0 spiro atoms. The number of pyridine rings is 2. The first-order valence-corrected chi connectivity index (χ1v) is 12.6. The molecule has 0 radical (unpaired) electrons. The number of aromatic nitrogens is 5. The third kappa shape index (κ3) is 5.58. The van der Waals surface area contributed by atoms with Crippen molar-refractivity contribution in [1.29, 1.82) is 0 Å². The minimum atomic E-state index is -2.77. The summed E-state index contributed by atoms with van der Waals surface area (Å²) >= 11 is 0. The molecule has 3 aromatic rings. The first-order valence-electron chi connectivity index (χ1n) is 12.6. The third-order valence-electron chi connectivity index (χ3n) is 6.77. The maximum Gasteiger partial charge on any atom is 0.334 e. The lowest BCUT2D eigenvalue weighted by Crippen LogP contribution is -2.44. The van der Waals surface area contributed by atoms with Gasteiger partial charge in [-0.1, -0.05) is 6.92 Å². The number of ether oxygens (including phenoxy) is 1. The Morgan fingerprint density at radius 2 is 2.05 bits per heavy atom. The van der Waals surface area contributed by atoms with Crippen molar-refractivity contribution in [1.82, 2.24) is 29.6 Å². The number of carbonyl (C=O) groups excluding carboxylic acids is 1. The second kappa shape index (κ2) is 11.4. The summed E-state index contributed by atoms with van der Waals surface area (Å²) in [5.41, 5.74) is 2.40. The van der Waals surface area contributed by atoms with Gasteiger partial charge >= 0.3 is 6.55 Å². The summed E-state index contributed by atoms with van der Waals surface area (Å²) in [6.45, 7) is 5.14. The van der Waals surface area contributed by atoms with Gasteiger partial charge in [-0.2, -0.15) is 13.5 Å². The Bertz CT molecular complexity index is 1310. The third-order valence-corrected chi connectivity index (χ3v) is 6.77. The number of rotatable bonds is 9. The number of nitrogens with zero attached hydrogens (tertiary/aromatic N) is 6. The largest absolute Gasteiger partial charge is 0.481 e. The molecule has 1 N–H and O–H groups in total. The minimum Gasteiger partial charge on any atom is -0.481 e. The van der Waals surface area contributed by atoms with Crippen molar-refractivity contribution in [3.05, 3.63) is 46.8 Å². The lowest BCUT2D eigenvalue weighted by molar-refractivity contribution is -0.132. The van der Waals surface area contributed by atoms with E-state index in [1.54, 1.807) is 18.7 Å². The number of hydrogen-bond acceptors (Lipinski definition) is 7. The molecule has 4 rings (SSSR count). The van der Waals surface area contributed by atoms with Gasteiger partial charge < -0.3 is 15.0 Å². The van der Waals surface area contributed by atoms with Gasteiger partial charge in [0.25, 0.3) is 0 Å². The topological polar surface area (TPSA) is 98.1 Å². The van der Waals surface area contributed by atoms with Crippen LogP contribution in [0.4, 0.5) is 19.0 Å². The predicted molar refractivity (Wildman–Crippen MR) is 136 cm³/mol. The molecular formula is C26H32F3N7O2. The quantitative estimate of drug-likeness (QED) is 0.429. The van der Waals surface area contributed by atoms with E-state index in [9.17, 15) is 18.0 Å². The predicted octanol–water partition coefficient (Wildman–Crippen LogP) is 4.66. The highest BCUT2D eigenvalue weighted by molar-refractivity contribution is 5.83. The summed E-state index contributed by atoms with van der Waals surface area (Å²) in [7, 11) is 1.44. The van der Waals surface area contributed by atoms with Crippen LogP contribution < -0.4 is 10.1 Å². The van der Waals surface area contributed by atoms with Crippen LogP contribution >= 0.6 is 0 Å². The van der Waals surface area contributed by atoms with Crippen molar-refractivity contribution in [2.75, 3.05) is 25.5 Å². The SMILES string of the molecule is CCCN(C[C@H]1CCc2cc(-c3nc(C)n(C(F)F)n3)c(C)nc2N1)C(=O)[C@H](C)c1cc(OC)ncc1F. The molecule has 0 aromatic carbocycles. The van der Waals surface area contributed by atoms with Crippen LogP contribution in [0, 0.1) is 19.7 Å². The van der Waals surface area contributed by atoms with E-state index in [1.807, 2.05) is 13.0 Å². The molecule has 0 bridgehead atoms. The Balaban J connectivity index is 1.51. The van der Waals surface area contributed by atoms with Crippen molar-refractivity contribution in [2.45, 2.75) is 65.5 Å². The Morgan fingerprint density at radius 1 is 1.29 bits per heavy atom. The lowest BCUT2D eigenvalue weighted by atomic mass is 9.96. The summed E-state index contributed by atoms with van der Waals surface area (Å²) < 4.78 is 46.5. The zero-order valence-electron chi connectivity index (χ0n) is 22.1. The maximum atomic E-state index is 14.5. The summed E-state index contributed by atoms with van der Waals surface area (Å²) in [5, 5.41) is 7.38. The molecule has 0 saturated heterocycles. The van der Waals surface area contributed by atoms with E-state index in [1.165, 1.54) is 20.1 Å². The fourth-order valence-corrected chi connectivity index (χ4v) is 4.73. The molecule has 204 valence electrons. The van der Waals surface area contributed by atoms with Crippen LogP contribution in [0.2, 0.25) is 0 Å². The Morgan fingerprint density at radius 3 is 2.71 bits per heavy atom. The Kier molecular flexibility index (Phi) is 8.17. The number of amides is 1. The van der Waals surface area contributed by atoms with Crippen LogP contribution in [0.25, 0.3) is 11.4 Å². The molecule has 12 heteroatoms. The van der Waals surface area contributed by atoms with Gasteiger partial charge in [-0.05, 0) is 51.7 Å². The van der Waals surface area contributed by atoms with Crippen molar-refractivity contribution < 1.29 is 22.7 Å². The molecule has 9 nitrogen and oxygen atoms in total. The van der Waals surface area contributed by atoms with Gasteiger partial charge in [0.2, 0.25) is 11.8 Å². The van der Waals surface area contributed by atoms with Crippen LogP contribution in [0.1, 0.15) is 61.8 Å². The zero-order valence-corrected chi connectivity index (χ0v) is 22.1. The highest BCUT2D eigenvalue weighted by atomic mass is 19.3. The lowest BCUT2D eigenvalue weighted by Gasteiger charge is -2.33. The van der Waals surface area contributed by atoms with Gasteiger partial charge in [-0.3, -0.25) is 4.79 Å². The Hall–Kier alpha value is -3.70. The smallest absolute Gasteiger partial charge is 0.334 e. The van der Waals surface area contributed by atoms with E-state index in [4.69, 9.17) is 4.74 Å². The van der Waals surface area contributed by atoms with Gasteiger partial charge in [0.05, 0.1) is 24.9 Å². The molecule has 0 aliphatic carbocycles. The highest BCUT2D eigenvalue weighted by Gasteiger charge is 2.29. The number of hydrogen-bond donors (Lipinski definition) is 1. The first kappa shape index (κ1) is 27.3. The maximum absolute atomic E-state index is 14.5. The van der Waals surface area contributed by atoms with E-state index < -0.39 is 18.3 Å². The number of anilines is 1. The average molecular weight is 532 g/mol. The van der Waals surface area contributed by atoms with Crippen LogP contribution in [0.5, 0.6) is 5.88 Å². The summed E-state index contributed by atoms with van der Waals surface area (Å²) in [5.74, 6) is -0.151. The van der Waals surface area contributed by atoms with Gasteiger partial charge in [0.15, 0.2) is 5.82 Å².